The third kappa shape index (κ3) is 2.12. The van der Waals surface area contributed by atoms with Crippen molar-refractivity contribution >= 4 is 35.3 Å². The standard InChI is InChI=1S/C12H11ClN4S/c13-8-3-1-2-4-9(8)15-11-7-5-14-6-10(7)16-12(18)17-11/h1-4,14H,5-6H2,(H2,15,16,17,18). The van der Waals surface area contributed by atoms with Crippen LogP contribution in [0.25, 0.3) is 0 Å². The lowest BCUT2D eigenvalue weighted by Crippen LogP contribution is -2.03. The van der Waals surface area contributed by atoms with Gasteiger partial charge in [-0.2, -0.15) is 0 Å². The Kier molecular flexibility index (Phi) is 3.03. The lowest BCUT2D eigenvalue weighted by molar-refractivity contribution is 0.757. The van der Waals surface area contributed by atoms with Crippen molar-refractivity contribution in [1.29, 1.82) is 0 Å². The van der Waals surface area contributed by atoms with Gasteiger partial charge < -0.3 is 15.6 Å². The number of aromatic amines is 1. The molecule has 2 heterocycles. The normalized spacial score (nSPS) is 13.4. The minimum absolute atomic E-state index is 0.479. The van der Waals surface area contributed by atoms with Crippen LogP contribution in [0.5, 0.6) is 0 Å². The average molecular weight is 279 g/mol. The summed E-state index contributed by atoms with van der Waals surface area (Å²) in [6.07, 6.45) is 0. The summed E-state index contributed by atoms with van der Waals surface area (Å²) in [4.78, 5) is 7.43. The van der Waals surface area contributed by atoms with Crippen LogP contribution in [0.15, 0.2) is 24.3 Å². The van der Waals surface area contributed by atoms with Crippen molar-refractivity contribution in [1.82, 2.24) is 15.3 Å². The molecule has 0 fully saturated rings. The second-order valence-corrected chi connectivity index (χ2v) is 4.85. The molecule has 1 aliphatic rings. The highest BCUT2D eigenvalue weighted by molar-refractivity contribution is 7.71. The lowest BCUT2D eigenvalue weighted by Gasteiger charge is -2.10. The van der Waals surface area contributed by atoms with Gasteiger partial charge in [0.05, 0.1) is 10.7 Å². The number of nitrogens with one attached hydrogen (secondary N) is 3. The first-order valence-corrected chi connectivity index (χ1v) is 6.37. The highest BCUT2D eigenvalue weighted by Gasteiger charge is 2.16. The molecule has 0 amide bonds. The molecule has 4 nitrogen and oxygen atoms in total. The van der Waals surface area contributed by atoms with Crippen molar-refractivity contribution in [3.63, 3.8) is 0 Å². The molecule has 6 heteroatoms. The number of hydrogen-bond donors (Lipinski definition) is 3. The van der Waals surface area contributed by atoms with Gasteiger partial charge in [0, 0.05) is 24.3 Å². The third-order valence-electron chi connectivity index (χ3n) is 2.85. The van der Waals surface area contributed by atoms with Crippen LogP contribution in [0.3, 0.4) is 0 Å². The van der Waals surface area contributed by atoms with Crippen LogP contribution in [0, 0.1) is 4.77 Å². The van der Waals surface area contributed by atoms with E-state index < -0.39 is 0 Å². The first kappa shape index (κ1) is 11.6. The van der Waals surface area contributed by atoms with Crippen molar-refractivity contribution < 1.29 is 0 Å². The van der Waals surface area contributed by atoms with Crippen molar-refractivity contribution in [2.45, 2.75) is 13.1 Å². The molecule has 1 aromatic carbocycles. The van der Waals surface area contributed by atoms with Gasteiger partial charge in [-0.3, -0.25) is 0 Å². The zero-order valence-electron chi connectivity index (χ0n) is 9.46. The van der Waals surface area contributed by atoms with E-state index in [1.54, 1.807) is 0 Å². The number of hydrogen-bond acceptors (Lipinski definition) is 4. The highest BCUT2D eigenvalue weighted by atomic mass is 35.5. The van der Waals surface area contributed by atoms with E-state index >= 15 is 0 Å². The zero-order chi connectivity index (χ0) is 12.5. The van der Waals surface area contributed by atoms with E-state index in [0.29, 0.717) is 9.79 Å². The molecule has 0 saturated heterocycles. The van der Waals surface area contributed by atoms with Gasteiger partial charge in [0.25, 0.3) is 0 Å². The summed E-state index contributed by atoms with van der Waals surface area (Å²) in [6.45, 7) is 1.57. The number of nitrogens with zero attached hydrogens (tertiary/aromatic N) is 1. The van der Waals surface area contributed by atoms with Crippen LogP contribution in [-0.4, -0.2) is 9.97 Å². The maximum atomic E-state index is 6.13. The van der Waals surface area contributed by atoms with Crippen molar-refractivity contribution in [2.75, 3.05) is 5.32 Å². The Bertz CT molecular complexity index is 653. The number of rotatable bonds is 2. The molecule has 0 spiro atoms. The van der Waals surface area contributed by atoms with E-state index in [1.165, 1.54) is 0 Å². The first-order chi connectivity index (χ1) is 8.74. The molecule has 0 atom stereocenters. The summed E-state index contributed by atoms with van der Waals surface area (Å²) in [5.74, 6) is 0.770. The molecule has 0 aliphatic carbocycles. The second kappa shape index (κ2) is 4.68. The van der Waals surface area contributed by atoms with Crippen LogP contribution in [0.1, 0.15) is 11.3 Å². The van der Waals surface area contributed by atoms with Gasteiger partial charge in [-0.25, -0.2) is 4.98 Å². The Hall–Kier alpha value is -1.43. The van der Waals surface area contributed by atoms with Crippen molar-refractivity contribution in [3.05, 3.63) is 45.3 Å². The molecular weight excluding hydrogens is 268 g/mol. The fourth-order valence-corrected chi connectivity index (χ4v) is 2.39. The van der Waals surface area contributed by atoms with Gasteiger partial charge in [-0.1, -0.05) is 23.7 Å². The van der Waals surface area contributed by atoms with Crippen LogP contribution in [-0.2, 0) is 13.1 Å². The van der Waals surface area contributed by atoms with Gasteiger partial charge in [0.2, 0.25) is 0 Å². The van der Waals surface area contributed by atoms with Crippen LogP contribution in [0.2, 0.25) is 5.02 Å². The van der Waals surface area contributed by atoms with Crippen LogP contribution < -0.4 is 10.6 Å². The van der Waals surface area contributed by atoms with Gasteiger partial charge in [0.1, 0.15) is 5.82 Å². The van der Waals surface area contributed by atoms with Crippen LogP contribution >= 0.6 is 23.8 Å². The lowest BCUT2D eigenvalue weighted by atomic mass is 10.2. The molecule has 1 aliphatic heterocycles. The van der Waals surface area contributed by atoms with Crippen LogP contribution in [0.4, 0.5) is 11.5 Å². The Labute approximate surface area is 114 Å². The first-order valence-electron chi connectivity index (χ1n) is 5.58. The molecule has 92 valence electrons. The fourth-order valence-electron chi connectivity index (χ4n) is 1.99. The van der Waals surface area contributed by atoms with Gasteiger partial charge in [0.15, 0.2) is 4.77 Å². The van der Waals surface area contributed by atoms with Crippen molar-refractivity contribution in [2.24, 2.45) is 0 Å². The number of aromatic nitrogens is 2. The van der Waals surface area contributed by atoms with Gasteiger partial charge in [-0.05, 0) is 24.4 Å². The smallest absolute Gasteiger partial charge is 0.199 e. The van der Waals surface area contributed by atoms with E-state index in [9.17, 15) is 0 Å². The van der Waals surface area contributed by atoms with E-state index in [0.717, 1.165) is 35.9 Å². The Morgan fingerprint density at radius 1 is 1.28 bits per heavy atom. The van der Waals surface area contributed by atoms with E-state index in [4.69, 9.17) is 23.8 Å². The molecule has 0 unspecified atom stereocenters. The maximum absolute atomic E-state index is 6.13. The average Bonchev–Trinajstić information content (AvgIpc) is 2.80. The predicted octanol–water partition coefficient (Wildman–Crippen LogP) is 3.14. The highest BCUT2D eigenvalue weighted by Crippen LogP contribution is 2.27. The van der Waals surface area contributed by atoms with Gasteiger partial charge in [-0.15, -0.1) is 0 Å². The third-order valence-corrected chi connectivity index (χ3v) is 3.37. The Balaban J connectivity index is 2.04. The summed E-state index contributed by atoms with van der Waals surface area (Å²) >= 11 is 11.2. The summed E-state index contributed by atoms with van der Waals surface area (Å²) in [5.41, 5.74) is 3.04. The molecule has 3 rings (SSSR count). The molecule has 0 bridgehead atoms. The minimum Gasteiger partial charge on any atom is -0.339 e. The topological polar surface area (TPSA) is 52.7 Å². The summed E-state index contributed by atoms with van der Waals surface area (Å²) < 4.78 is 0.479. The Morgan fingerprint density at radius 2 is 2.11 bits per heavy atom. The Morgan fingerprint density at radius 3 is 2.94 bits per heavy atom. The number of anilines is 2. The maximum Gasteiger partial charge on any atom is 0.199 e. The monoisotopic (exact) mass is 278 g/mol. The summed E-state index contributed by atoms with van der Waals surface area (Å²) in [5, 5.41) is 7.17. The van der Waals surface area contributed by atoms with E-state index in [2.05, 4.69) is 20.6 Å². The molecule has 0 radical (unpaired) electrons. The van der Waals surface area contributed by atoms with Crippen molar-refractivity contribution in [3.8, 4) is 0 Å². The number of halogens is 1. The van der Waals surface area contributed by atoms with E-state index in [1.807, 2.05) is 24.3 Å². The van der Waals surface area contributed by atoms with Gasteiger partial charge >= 0.3 is 0 Å². The number of benzene rings is 1. The fraction of sp³-hybridized carbons (Fsp3) is 0.167. The summed E-state index contributed by atoms with van der Waals surface area (Å²) in [6, 6.07) is 7.57. The molecule has 18 heavy (non-hydrogen) atoms. The summed E-state index contributed by atoms with van der Waals surface area (Å²) in [7, 11) is 0. The largest absolute Gasteiger partial charge is 0.339 e. The predicted molar refractivity (Wildman–Crippen MR) is 74.7 cm³/mol. The molecule has 3 N–H and O–H groups in total. The molecular formula is C12H11ClN4S. The molecule has 2 aromatic rings. The zero-order valence-corrected chi connectivity index (χ0v) is 11.0. The van der Waals surface area contributed by atoms with E-state index in [-0.39, 0.29) is 0 Å². The second-order valence-electron chi connectivity index (χ2n) is 4.06. The quantitative estimate of drug-likeness (QED) is 0.739. The molecule has 1 aromatic heterocycles. The molecule has 0 saturated carbocycles. The SMILES string of the molecule is S=c1nc(Nc2ccccc2Cl)c2c([nH]1)CNC2. The number of H-pyrrole nitrogens is 1. The number of fused-ring (bicyclic) bond motifs is 1. The minimum atomic E-state index is 0.479. The number of para-hydroxylation sites is 1.